The molecule has 0 saturated carbocycles. The highest BCUT2D eigenvalue weighted by atomic mass is 32.2. The van der Waals surface area contributed by atoms with Crippen molar-refractivity contribution in [3.63, 3.8) is 0 Å². The summed E-state index contributed by atoms with van der Waals surface area (Å²) in [4.78, 5) is 3.31. The molecule has 0 bridgehead atoms. The van der Waals surface area contributed by atoms with E-state index in [0.29, 0.717) is 0 Å². The van der Waals surface area contributed by atoms with Crippen molar-refractivity contribution in [3.8, 4) is 0 Å². The van der Waals surface area contributed by atoms with Crippen LogP contribution in [0.2, 0.25) is 0 Å². The van der Waals surface area contributed by atoms with Gasteiger partial charge < -0.3 is 4.55 Å². The molecule has 0 saturated heterocycles. The highest BCUT2D eigenvalue weighted by Crippen LogP contribution is 2.03. The molecule has 1 heterocycles. The third-order valence-corrected chi connectivity index (χ3v) is 1.79. The number of aromatic nitrogens is 1. The molecule has 0 aliphatic heterocycles. The first-order valence-electron chi connectivity index (χ1n) is 2.46. The topological polar surface area (TPSA) is 70.1 Å². The molecule has 1 rings (SSSR count). The lowest BCUT2D eigenvalue weighted by Crippen LogP contribution is -1.97. The van der Waals surface area contributed by atoms with E-state index in [0.717, 1.165) is 12.1 Å². The standard InChI is InChI=1S/C5H5NO3S/c7-10(8,9)5-1-3-6-4-2-5/h1-4H,(H,7,8,9)/p-1. The van der Waals surface area contributed by atoms with E-state index in [-0.39, 0.29) is 4.90 Å². The average Bonchev–Trinajstić information content (AvgIpc) is 1.88. The molecule has 54 valence electrons. The largest absolute Gasteiger partial charge is 0.744 e. The van der Waals surface area contributed by atoms with Crippen LogP contribution in [0.4, 0.5) is 0 Å². The maximum absolute atomic E-state index is 10.2. The van der Waals surface area contributed by atoms with Crippen molar-refractivity contribution in [1.29, 1.82) is 0 Å². The minimum Gasteiger partial charge on any atom is -0.744 e. The quantitative estimate of drug-likeness (QED) is 0.539. The lowest BCUT2D eigenvalue weighted by molar-refractivity contribution is 0.463. The van der Waals surface area contributed by atoms with Gasteiger partial charge in [0, 0.05) is 12.4 Å². The van der Waals surface area contributed by atoms with Crippen LogP contribution in [0.1, 0.15) is 0 Å². The second-order valence-corrected chi connectivity index (χ2v) is 3.02. The van der Waals surface area contributed by atoms with Crippen LogP contribution in [0.5, 0.6) is 0 Å². The molecule has 0 unspecified atom stereocenters. The van der Waals surface area contributed by atoms with Crippen molar-refractivity contribution in [1.82, 2.24) is 4.98 Å². The van der Waals surface area contributed by atoms with Gasteiger partial charge in [-0.3, -0.25) is 4.98 Å². The van der Waals surface area contributed by atoms with Crippen LogP contribution in [0.3, 0.4) is 0 Å². The van der Waals surface area contributed by atoms with Crippen molar-refractivity contribution in [3.05, 3.63) is 24.5 Å². The molecule has 0 atom stereocenters. The Balaban J connectivity index is 3.22. The lowest BCUT2D eigenvalue weighted by atomic mass is 10.5. The van der Waals surface area contributed by atoms with Crippen LogP contribution in [0.15, 0.2) is 29.4 Å². The van der Waals surface area contributed by atoms with Crippen LogP contribution < -0.4 is 0 Å². The fraction of sp³-hybridized carbons (Fsp3) is 0. The van der Waals surface area contributed by atoms with Gasteiger partial charge in [0.15, 0.2) is 0 Å². The van der Waals surface area contributed by atoms with E-state index in [1.165, 1.54) is 12.4 Å². The van der Waals surface area contributed by atoms with E-state index in [1.807, 2.05) is 0 Å². The predicted molar refractivity (Wildman–Crippen MR) is 32.2 cm³/mol. The molecule has 0 spiro atoms. The Morgan fingerprint density at radius 2 is 1.80 bits per heavy atom. The first-order chi connectivity index (χ1) is 4.61. The maximum atomic E-state index is 10.2. The fourth-order valence-electron chi connectivity index (χ4n) is 0.505. The molecule has 0 N–H and O–H groups in total. The van der Waals surface area contributed by atoms with E-state index in [9.17, 15) is 13.0 Å². The van der Waals surface area contributed by atoms with E-state index in [4.69, 9.17) is 0 Å². The third-order valence-electron chi connectivity index (χ3n) is 0.938. The summed E-state index contributed by atoms with van der Waals surface area (Å²) in [5.74, 6) is 0. The number of hydrogen-bond acceptors (Lipinski definition) is 4. The summed E-state index contributed by atoms with van der Waals surface area (Å²) in [6.45, 7) is 0. The zero-order valence-electron chi connectivity index (χ0n) is 4.89. The van der Waals surface area contributed by atoms with Gasteiger partial charge in [0.25, 0.3) is 0 Å². The molecule has 10 heavy (non-hydrogen) atoms. The summed E-state index contributed by atoms with van der Waals surface area (Å²) in [5.41, 5.74) is 0. The fourth-order valence-corrected chi connectivity index (χ4v) is 0.960. The van der Waals surface area contributed by atoms with Crippen LogP contribution in [-0.4, -0.2) is 18.0 Å². The Labute approximate surface area is 58.3 Å². The molecular formula is C5H4NO3S-. The van der Waals surface area contributed by atoms with Gasteiger partial charge in [0.05, 0.1) is 4.90 Å². The van der Waals surface area contributed by atoms with Crippen LogP contribution >= 0.6 is 0 Å². The predicted octanol–water partition coefficient (Wildman–Crippen LogP) is -0.0143. The average molecular weight is 158 g/mol. The summed E-state index contributed by atoms with van der Waals surface area (Å²) < 4.78 is 30.7. The van der Waals surface area contributed by atoms with E-state index in [2.05, 4.69) is 4.98 Å². The van der Waals surface area contributed by atoms with Crippen molar-refractivity contribution in [2.75, 3.05) is 0 Å². The van der Waals surface area contributed by atoms with Gasteiger partial charge in [-0.25, -0.2) is 8.42 Å². The van der Waals surface area contributed by atoms with Crippen LogP contribution in [0.25, 0.3) is 0 Å². The molecule has 0 aliphatic rings. The van der Waals surface area contributed by atoms with Crippen molar-refractivity contribution in [2.24, 2.45) is 0 Å². The first-order valence-corrected chi connectivity index (χ1v) is 3.87. The molecule has 0 amide bonds. The Hall–Kier alpha value is -0.940. The molecule has 1 aromatic rings. The summed E-state index contributed by atoms with van der Waals surface area (Å²) in [6.07, 6.45) is 2.51. The lowest BCUT2D eigenvalue weighted by Gasteiger charge is -2.03. The smallest absolute Gasteiger partial charge is 0.124 e. The minimum atomic E-state index is -4.29. The SMILES string of the molecule is O=S(=O)([O-])c1ccncc1. The van der Waals surface area contributed by atoms with Gasteiger partial charge in [-0.2, -0.15) is 0 Å². The summed E-state index contributed by atoms with van der Waals surface area (Å²) in [7, 11) is -4.29. The summed E-state index contributed by atoms with van der Waals surface area (Å²) >= 11 is 0. The van der Waals surface area contributed by atoms with Gasteiger partial charge in [-0.05, 0) is 12.1 Å². The Morgan fingerprint density at radius 3 is 2.10 bits per heavy atom. The van der Waals surface area contributed by atoms with E-state index >= 15 is 0 Å². The van der Waals surface area contributed by atoms with Gasteiger partial charge in [-0.1, -0.05) is 0 Å². The molecule has 0 fully saturated rings. The molecule has 4 nitrogen and oxygen atoms in total. The second kappa shape index (κ2) is 2.36. The zero-order chi connectivity index (χ0) is 7.61. The highest BCUT2D eigenvalue weighted by molar-refractivity contribution is 7.85. The number of hydrogen-bond donors (Lipinski definition) is 0. The molecule has 0 radical (unpaired) electrons. The number of pyridine rings is 1. The van der Waals surface area contributed by atoms with Gasteiger partial charge in [0.2, 0.25) is 0 Å². The van der Waals surface area contributed by atoms with Crippen LogP contribution in [-0.2, 0) is 10.1 Å². The minimum absolute atomic E-state index is 0.248. The monoisotopic (exact) mass is 158 g/mol. The molecule has 0 aliphatic carbocycles. The summed E-state index contributed by atoms with van der Waals surface area (Å²) in [5, 5.41) is 0. The normalized spacial score (nSPS) is 11.3. The Kier molecular flexibility index (Phi) is 1.69. The third kappa shape index (κ3) is 1.52. The molecule has 1 aromatic heterocycles. The molecular weight excluding hydrogens is 154 g/mol. The van der Waals surface area contributed by atoms with Crippen molar-refractivity contribution < 1.29 is 13.0 Å². The van der Waals surface area contributed by atoms with Gasteiger partial charge in [0.1, 0.15) is 10.1 Å². The number of rotatable bonds is 1. The number of nitrogens with zero attached hydrogens (tertiary/aromatic N) is 1. The summed E-state index contributed by atoms with van der Waals surface area (Å²) in [6, 6.07) is 2.31. The van der Waals surface area contributed by atoms with E-state index < -0.39 is 10.1 Å². The first kappa shape index (κ1) is 7.17. The van der Waals surface area contributed by atoms with Crippen LogP contribution in [0, 0.1) is 0 Å². The maximum Gasteiger partial charge on any atom is 0.124 e. The Morgan fingerprint density at radius 1 is 1.30 bits per heavy atom. The van der Waals surface area contributed by atoms with Gasteiger partial charge in [-0.15, -0.1) is 0 Å². The highest BCUT2D eigenvalue weighted by Gasteiger charge is 1.96. The molecule has 5 heteroatoms. The zero-order valence-corrected chi connectivity index (χ0v) is 5.71. The van der Waals surface area contributed by atoms with Gasteiger partial charge >= 0.3 is 0 Å². The Bertz CT molecular complexity index is 305. The molecule has 0 aromatic carbocycles. The van der Waals surface area contributed by atoms with Crippen molar-refractivity contribution in [2.45, 2.75) is 4.90 Å². The second-order valence-electron chi connectivity index (χ2n) is 1.64. The van der Waals surface area contributed by atoms with E-state index in [1.54, 1.807) is 0 Å². The van der Waals surface area contributed by atoms with Crippen molar-refractivity contribution >= 4 is 10.1 Å².